The first-order chi connectivity index (χ1) is 15.1. The normalized spacial score (nSPS) is 13.1. The number of nitrogens with zero attached hydrogens (tertiary/aromatic N) is 3. The molecule has 0 atom stereocenters. The maximum absolute atomic E-state index is 12.6. The van der Waals surface area contributed by atoms with E-state index < -0.39 is 0 Å². The number of thioether (sulfide) groups is 1. The average Bonchev–Trinajstić information content (AvgIpc) is 3.51. The van der Waals surface area contributed by atoms with E-state index in [-0.39, 0.29) is 23.6 Å². The predicted octanol–water partition coefficient (Wildman–Crippen LogP) is 3.51. The van der Waals surface area contributed by atoms with Gasteiger partial charge in [0.05, 0.1) is 17.0 Å². The van der Waals surface area contributed by atoms with Crippen LogP contribution in [-0.2, 0) is 17.8 Å². The first kappa shape index (κ1) is 21.1. The monoisotopic (exact) mass is 435 g/mol. The average molecular weight is 436 g/mol. The molecule has 7 nitrogen and oxygen atoms in total. The number of amides is 2. The third kappa shape index (κ3) is 5.52. The Morgan fingerprint density at radius 2 is 1.81 bits per heavy atom. The molecule has 3 aromatic rings. The minimum absolute atomic E-state index is 0.151. The minimum Gasteiger partial charge on any atom is -0.349 e. The van der Waals surface area contributed by atoms with E-state index >= 15 is 0 Å². The Balaban J connectivity index is 1.38. The maximum atomic E-state index is 12.6. The molecule has 1 heterocycles. The molecule has 160 valence electrons. The summed E-state index contributed by atoms with van der Waals surface area (Å²) in [7, 11) is 0. The molecule has 8 heteroatoms. The zero-order valence-electron chi connectivity index (χ0n) is 17.4. The van der Waals surface area contributed by atoms with Crippen molar-refractivity contribution in [3.8, 4) is 0 Å². The van der Waals surface area contributed by atoms with Gasteiger partial charge in [-0.05, 0) is 37.5 Å². The lowest BCUT2D eigenvalue weighted by molar-refractivity contribution is -0.113. The van der Waals surface area contributed by atoms with E-state index in [1.165, 1.54) is 17.3 Å². The summed E-state index contributed by atoms with van der Waals surface area (Å²) in [6.45, 7) is 2.76. The number of para-hydroxylation sites is 1. The van der Waals surface area contributed by atoms with E-state index in [1.807, 2.05) is 29.7 Å². The molecule has 2 aromatic carbocycles. The highest BCUT2D eigenvalue weighted by Crippen LogP contribution is 2.23. The van der Waals surface area contributed by atoms with Crippen LogP contribution in [0.4, 0.5) is 5.69 Å². The lowest BCUT2D eigenvalue weighted by Crippen LogP contribution is -2.27. The molecular formula is C23H25N5O2S. The highest BCUT2D eigenvalue weighted by molar-refractivity contribution is 7.99. The number of carbonyl (C=O) groups is 2. The summed E-state index contributed by atoms with van der Waals surface area (Å²) in [5, 5.41) is 15.1. The van der Waals surface area contributed by atoms with Gasteiger partial charge in [0.2, 0.25) is 5.91 Å². The number of anilines is 1. The third-order valence-corrected chi connectivity index (χ3v) is 5.97. The molecule has 31 heavy (non-hydrogen) atoms. The van der Waals surface area contributed by atoms with Gasteiger partial charge in [-0.3, -0.25) is 9.59 Å². The van der Waals surface area contributed by atoms with Crippen LogP contribution in [0.3, 0.4) is 0 Å². The molecule has 1 aliphatic rings. The largest absolute Gasteiger partial charge is 0.349 e. The van der Waals surface area contributed by atoms with Gasteiger partial charge in [0.1, 0.15) is 5.82 Å². The van der Waals surface area contributed by atoms with Gasteiger partial charge < -0.3 is 15.2 Å². The number of carbonyl (C=O) groups excluding carboxylic acids is 2. The molecular weight excluding hydrogens is 410 g/mol. The van der Waals surface area contributed by atoms with E-state index in [0.29, 0.717) is 22.8 Å². The van der Waals surface area contributed by atoms with Gasteiger partial charge in [-0.2, -0.15) is 0 Å². The fraction of sp³-hybridized carbons (Fsp3) is 0.304. The maximum Gasteiger partial charge on any atom is 0.253 e. The summed E-state index contributed by atoms with van der Waals surface area (Å²) in [5.74, 6) is 0.718. The van der Waals surface area contributed by atoms with Crippen molar-refractivity contribution >= 4 is 29.3 Å². The van der Waals surface area contributed by atoms with Crippen LogP contribution in [0.15, 0.2) is 59.8 Å². The van der Waals surface area contributed by atoms with Crippen LogP contribution in [-0.4, -0.2) is 38.4 Å². The summed E-state index contributed by atoms with van der Waals surface area (Å²) >= 11 is 1.34. The van der Waals surface area contributed by atoms with Crippen molar-refractivity contribution in [2.75, 3.05) is 11.1 Å². The molecule has 0 aliphatic heterocycles. The van der Waals surface area contributed by atoms with Crippen molar-refractivity contribution in [3.05, 3.63) is 71.5 Å². The number of aromatic nitrogens is 3. The van der Waals surface area contributed by atoms with Crippen molar-refractivity contribution < 1.29 is 9.59 Å². The van der Waals surface area contributed by atoms with E-state index in [0.717, 1.165) is 25.2 Å². The number of hydrogen-bond donors (Lipinski definition) is 2. The Kier molecular flexibility index (Phi) is 6.66. The molecule has 0 bridgehead atoms. The standard InChI is InChI=1S/C23H25N5O2S/c1-2-28-20(14-16-8-4-3-5-9-16)26-27-23(28)31-15-21(29)25-19-11-7-6-10-18(19)22(30)24-17-12-13-17/h3-11,17H,2,12-15H2,1H3,(H,24,30)(H,25,29). The van der Waals surface area contributed by atoms with Gasteiger partial charge in [0.15, 0.2) is 5.16 Å². The van der Waals surface area contributed by atoms with Gasteiger partial charge in [-0.15, -0.1) is 10.2 Å². The topological polar surface area (TPSA) is 88.9 Å². The van der Waals surface area contributed by atoms with Crippen molar-refractivity contribution in [1.82, 2.24) is 20.1 Å². The number of nitrogens with one attached hydrogen (secondary N) is 2. The first-order valence-electron chi connectivity index (χ1n) is 10.4. The van der Waals surface area contributed by atoms with E-state index in [1.54, 1.807) is 24.3 Å². The molecule has 0 saturated heterocycles. The Labute approximate surface area is 185 Å². The van der Waals surface area contributed by atoms with Crippen molar-refractivity contribution in [1.29, 1.82) is 0 Å². The van der Waals surface area contributed by atoms with Crippen molar-refractivity contribution in [2.24, 2.45) is 0 Å². The second kappa shape index (κ2) is 9.78. The Bertz CT molecular complexity index is 1060. The Hall–Kier alpha value is -3.13. The quantitative estimate of drug-likeness (QED) is 0.502. The van der Waals surface area contributed by atoms with Crippen LogP contribution in [0.25, 0.3) is 0 Å². The fourth-order valence-electron chi connectivity index (χ4n) is 3.25. The van der Waals surface area contributed by atoms with Crippen LogP contribution >= 0.6 is 11.8 Å². The van der Waals surface area contributed by atoms with E-state index in [9.17, 15) is 9.59 Å². The molecule has 1 aromatic heterocycles. The molecule has 1 saturated carbocycles. The summed E-state index contributed by atoms with van der Waals surface area (Å²) in [4.78, 5) is 25.0. The molecule has 0 unspecified atom stereocenters. The second-order valence-electron chi connectivity index (χ2n) is 7.44. The number of hydrogen-bond acceptors (Lipinski definition) is 5. The van der Waals surface area contributed by atoms with Crippen molar-refractivity contribution in [2.45, 2.75) is 43.9 Å². The van der Waals surface area contributed by atoms with Crippen LogP contribution in [0, 0.1) is 0 Å². The summed E-state index contributed by atoms with van der Waals surface area (Å²) in [6, 6.07) is 17.5. The lowest BCUT2D eigenvalue weighted by Gasteiger charge is -2.11. The van der Waals surface area contributed by atoms with Crippen LogP contribution in [0.5, 0.6) is 0 Å². The molecule has 4 rings (SSSR count). The fourth-order valence-corrected chi connectivity index (χ4v) is 4.07. The SMILES string of the molecule is CCn1c(Cc2ccccc2)nnc1SCC(=O)Nc1ccccc1C(=O)NC1CC1. The first-order valence-corrected chi connectivity index (χ1v) is 11.4. The van der Waals surface area contributed by atoms with Crippen molar-refractivity contribution in [3.63, 3.8) is 0 Å². The highest BCUT2D eigenvalue weighted by atomic mass is 32.2. The van der Waals surface area contributed by atoms with Gasteiger partial charge in [0.25, 0.3) is 5.91 Å². The van der Waals surface area contributed by atoms with Gasteiger partial charge in [-0.1, -0.05) is 54.2 Å². The smallest absolute Gasteiger partial charge is 0.253 e. The number of benzene rings is 2. The van der Waals surface area contributed by atoms with Gasteiger partial charge in [0, 0.05) is 19.0 Å². The Morgan fingerprint density at radius 3 is 2.55 bits per heavy atom. The molecule has 2 N–H and O–H groups in total. The zero-order valence-corrected chi connectivity index (χ0v) is 18.2. The predicted molar refractivity (Wildman–Crippen MR) is 121 cm³/mol. The third-order valence-electron chi connectivity index (χ3n) is 5.01. The van der Waals surface area contributed by atoms with E-state index in [4.69, 9.17) is 0 Å². The van der Waals surface area contributed by atoms with Crippen LogP contribution in [0.2, 0.25) is 0 Å². The Morgan fingerprint density at radius 1 is 1.06 bits per heavy atom. The van der Waals surface area contributed by atoms with Gasteiger partial charge >= 0.3 is 0 Å². The van der Waals surface area contributed by atoms with Gasteiger partial charge in [-0.25, -0.2) is 0 Å². The summed E-state index contributed by atoms with van der Waals surface area (Å²) < 4.78 is 2.03. The highest BCUT2D eigenvalue weighted by Gasteiger charge is 2.25. The molecule has 0 spiro atoms. The molecule has 1 aliphatic carbocycles. The van der Waals surface area contributed by atoms with Crippen LogP contribution in [0.1, 0.15) is 41.5 Å². The summed E-state index contributed by atoms with van der Waals surface area (Å²) in [6.07, 6.45) is 2.72. The van der Waals surface area contributed by atoms with Crippen LogP contribution < -0.4 is 10.6 Å². The van der Waals surface area contributed by atoms with E-state index in [2.05, 4.69) is 33.0 Å². The minimum atomic E-state index is -0.188. The molecule has 1 fully saturated rings. The molecule has 0 radical (unpaired) electrons. The molecule has 2 amide bonds. The zero-order chi connectivity index (χ0) is 21.6. The lowest BCUT2D eigenvalue weighted by atomic mass is 10.1. The summed E-state index contributed by atoms with van der Waals surface area (Å²) in [5.41, 5.74) is 2.17. The number of rotatable bonds is 9. The second-order valence-corrected chi connectivity index (χ2v) is 8.38.